The van der Waals surface area contributed by atoms with Gasteiger partial charge >= 0.3 is 12.1 Å². The number of esters is 1. The minimum absolute atomic E-state index is 0.0102. The van der Waals surface area contributed by atoms with Crippen LogP contribution in [0.25, 0.3) is 0 Å². The number of hydrogen-bond acceptors (Lipinski definition) is 10. The molecule has 3 fully saturated rings. The molecule has 0 aromatic heterocycles. The number of aliphatic hydroxyl groups excluding tert-OH is 2. The van der Waals surface area contributed by atoms with Crippen LogP contribution in [0.3, 0.4) is 0 Å². The van der Waals surface area contributed by atoms with E-state index in [0.29, 0.717) is 17.7 Å². The van der Waals surface area contributed by atoms with E-state index in [2.05, 4.69) is 5.32 Å². The Labute approximate surface area is 318 Å². The van der Waals surface area contributed by atoms with E-state index in [0.717, 1.165) is 5.56 Å². The molecule has 1 heterocycles. The summed E-state index contributed by atoms with van der Waals surface area (Å²) in [6, 6.07) is 17.2. The van der Waals surface area contributed by atoms with Gasteiger partial charge in [-0.3, -0.25) is 4.79 Å². The van der Waals surface area contributed by atoms with Crippen molar-refractivity contribution >= 4 is 17.8 Å². The highest BCUT2D eigenvalue weighted by Gasteiger charge is 2.73. The zero-order chi connectivity index (χ0) is 39.6. The standard InChI is InChI=1S/C43H57NO10/c1-24-28(21-43(50)25(2)35-41(8)23-52-30(41)20-29(45)42(35,9)36(47)33(46)31(24)40(43,6)7)53-37(48)34(51-22-26-16-12-10-13-17-26)32(27-18-14-11-15-19-27)44-38(49)54-39(3,4)5/h10-19,25,28-30,32-35,45-46,50H,20-23H2,1-9H3,(H,44,49)/t25?,28-,29-,30+,32-,33+,34+,35?,41+,42+,43+/m0/s1. The van der Waals surface area contributed by atoms with Crippen LogP contribution in [-0.4, -0.2) is 81.5 Å². The molecule has 54 heavy (non-hydrogen) atoms. The van der Waals surface area contributed by atoms with Gasteiger partial charge in [0.05, 0.1) is 42.5 Å². The topological polar surface area (TPSA) is 161 Å². The molecule has 0 radical (unpaired) electrons. The number of hydrogen-bond donors (Lipinski definition) is 4. The Morgan fingerprint density at radius 2 is 1.61 bits per heavy atom. The molecular weight excluding hydrogens is 690 g/mol. The summed E-state index contributed by atoms with van der Waals surface area (Å²) in [6.07, 6.45) is -6.11. The van der Waals surface area contributed by atoms with E-state index in [4.69, 9.17) is 18.9 Å². The molecule has 11 heteroatoms. The second-order valence-corrected chi connectivity index (χ2v) is 17.9. The number of ketones is 1. The maximum Gasteiger partial charge on any atom is 0.408 e. The number of nitrogens with one attached hydrogen (secondary N) is 1. The molecule has 2 saturated carbocycles. The van der Waals surface area contributed by atoms with Crippen LogP contribution in [0, 0.1) is 28.1 Å². The van der Waals surface area contributed by atoms with Crippen molar-refractivity contribution in [1.29, 1.82) is 0 Å². The van der Waals surface area contributed by atoms with E-state index in [-0.39, 0.29) is 31.1 Å². The predicted octanol–water partition coefficient (Wildman–Crippen LogP) is 5.60. The number of fused-ring (bicyclic) bond motifs is 5. The maximum absolute atomic E-state index is 14.7. The van der Waals surface area contributed by atoms with Crippen LogP contribution in [0.4, 0.5) is 4.79 Å². The first kappa shape index (κ1) is 40.1. The van der Waals surface area contributed by atoms with Crippen LogP contribution in [0.1, 0.15) is 92.3 Å². The first-order valence-electron chi connectivity index (χ1n) is 19.0. The molecule has 3 aliphatic carbocycles. The van der Waals surface area contributed by atoms with E-state index < -0.39 is 87.6 Å². The van der Waals surface area contributed by atoms with Gasteiger partial charge in [-0.05, 0) is 68.7 Å². The largest absolute Gasteiger partial charge is 0.456 e. The Bertz CT molecular complexity index is 1770. The third kappa shape index (κ3) is 6.59. The highest BCUT2D eigenvalue weighted by Crippen LogP contribution is 2.66. The Kier molecular flexibility index (Phi) is 10.5. The number of benzene rings is 2. The molecule has 1 saturated heterocycles. The number of Topliss-reactive ketones (excluding diaryl/α,β-unsaturated/α-hetero) is 1. The van der Waals surface area contributed by atoms with Gasteiger partial charge < -0.3 is 39.6 Å². The summed E-state index contributed by atoms with van der Waals surface area (Å²) in [4.78, 5) is 42.6. The number of rotatable bonds is 8. The van der Waals surface area contributed by atoms with Crippen LogP contribution in [0.5, 0.6) is 0 Å². The van der Waals surface area contributed by atoms with Crippen LogP contribution in [0.15, 0.2) is 71.8 Å². The summed E-state index contributed by atoms with van der Waals surface area (Å²) in [6.45, 7) is 16.6. The number of carbonyl (C=O) groups is 3. The molecule has 2 unspecified atom stereocenters. The van der Waals surface area contributed by atoms with Gasteiger partial charge in [-0.15, -0.1) is 0 Å². The zero-order valence-corrected chi connectivity index (χ0v) is 32.9. The van der Waals surface area contributed by atoms with E-state index in [9.17, 15) is 29.7 Å². The van der Waals surface area contributed by atoms with Gasteiger partial charge in [-0.25, -0.2) is 9.59 Å². The lowest BCUT2D eigenvalue weighted by Gasteiger charge is -2.68. The average molecular weight is 748 g/mol. The molecule has 2 aromatic rings. The van der Waals surface area contributed by atoms with Crippen LogP contribution < -0.4 is 5.32 Å². The molecule has 4 N–H and O–H groups in total. The quantitative estimate of drug-likeness (QED) is 0.198. The fraction of sp³-hybridized carbons (Fsp3) is 0.605. The lowest BCUT2D eigenvalue weighted by atomic mass is 9.40. The first-order valence-corrected chi connectivity index (χ1v) is 19.0. The maximum atomic E-state index is 14.7. The Hall–Kier alpha value is -3.61. The van der Waals surface area contributed by atoms with Gasteiger partial charge in [0.1, 0.15) is 17.8 Å². The zero-order valence-electron chi connectivity index (χ0n) is 32.9. The van der Waals surface area contributed by atoms with Gasteiger partial charge in [0.15, 0.2) is 11.9 Å². The van der Waals surface area contributed by atoms with Crippen molar-refractivity contribution in [2.75, 3.05) is 6.61 Å². The number of amides is 1. The second-order valence-electron chi connectivity index (χ2n) is 17.9. The monoisotopic (exact) mass is 747 g/mol. The van der Waals surface area contributed by atoms with Crippen molar-refractivity contribution in [1.82, 2.24) is 5.32 Å². The molecule has 1 aliphatic heterocycles. The molecule has 294 valence electrons. The lowest BCUT2D eigenvalue weighted by Crippen LogP contribution is -2.75. The van der Waals surface area contributed by atoms with Gasteiger partial charge in [-0.1, -0.05) is 88.4 Å². The minimum atomic E-state index is -1.68. The number of aliphatic hydroxyl groups is 3. The molecule has 0 spiro atoms. The summed E-state index contributed by atoms with van der Waals surface area (Å²) >= 11 is 0. The highest BCUT2D eigenvalue weighted by atomic mass is 16.6. The van der Waals surface area contributed by atoms with Crippen LogP contribution in [-0.2, 0) is 35.1 Å². The summed E-state index contributed by atoms with van der Waals surface area (Å²) in [5.74, 6) is -2.52. The average Bonchev–Trinajstić information content (AvgIpc) is 3.10. The second kappa shape index (κ2) is 14.2. The van der Waals surface area contributed by atoms with Crippen molar-refractivity contribution in [3.63, 3.8) is 0 Å². The molecule has 2 bridgehead atoms. The van der Waals surface area contributed by atoms with Crippen molar-refractivity contribution < 1.29 is 48.7 Å². The summed E-state index contributed by atoms with van der Waals surface area (Å²) in [5.41, 5.74) is -3.45. The fourth-order valence-corrected chi connectivity index (χ4v) is 10.3. The number of alkyl carbamates (subject to hydrolysis) is 1. The molecule has 1 amide bonds. The Balaban J connectivity index is 1.41. The normalized spacial score (nSPS) is 35.6. The van der Waals surface area contributed by atoms with Crippen LogP contribution >= 0.6 is 0 Å². The van der Waals surface area contributed by atoms with Crippen molar-refractivity contribution in [2.24, 2.45) is 28.1 Å². The van der Waals surface area contributed by atoms with Crippen molar-refractivity contribution in [3.8, 4) is 0 Å². The number of ether oxygens (including phenoxy) is 4. The van der Waals surface area contributed by atoms with Gasteiger partial charge in [0.25, 0.3) is 0 Å². The van der Waals surface area contributed by atoms with E-state index in [1.165, 1.54) is 0 Å². The SMILES string of the molecule is CC1=C2[C@@H](O)C(=O)[C@@]3(C)C(C(C)[C@](O)(C[C@@H]1OC(=O)[C@H](OCc1ccccc1)[C@@H](NC(=O)OC(C)(C)C)c1ccccc1)C2(C)C)[C@]1(C)CO[C@@H]1C[C@@H]3O. The van der Waals surface area contributed by atoms with Crippen LogP contribution in [0.2, 0.25) is 0 Å². The summed E-state index contributed by atoms with van der Waals surface area (Å²) in [5, 5.41) is 39.6. The molecule has 6 rings (SSSR count). The third-order valence-corrected chi connectivity index (χ3v) is 13.2. The first-order chi connectivity index (χ1) is 25.2. The highest BCUT2D eigenvalue weighted by molar-refractivity contribution is 5.93. The Morgan fingerprint density at radius 3 is 2.19 bits per heavy atom. The molecular formula is C43H57NO10. The van der Waals surface area contributed by atoms with Gasteiger partial charge in [0, 0.05) is 23.7 Å². The molecule has 11 atom stereocenters. The Morgan fingerprint density at radius 1 is 1.00 bits per heavy atom. The lowest BCUT2D eigenvalue weighted by molar-refractivity contribution is -0.302. The third-order valence-electron chi connectivity index (χ3n) is 13.2. The number of carbonyl (C=O) groups excluding carboxylic acids is 3. The molecule has 11 nitrogen and oxygen atoms in total. The van der Waals surface area contributed by atoms with Crippen molar-refractivity contribution in [2.45, 2.75) is 130 Å². The predicted molar refractivity (Wildman–Crippen MR) is 200 cm³/mol. The van der Waals surface area contributed by atoms with Gasteiger partial charge in [0.2, 0.25) is 0 Å². The fourth-order valence-electron chi connectivity index (χ4n) is 10.3. The van der Waals surface area contributed by atoms with Crippen molar-refractivity contribution in [3.05, 3.63) is 82.9 Å². The molecule has 4 aliphatic rings. The summed E-state index contributed by atoms with van der Waals surface area (Å²) in [7, 11) is 0. The summed E-state index contributed by atoms with van der Waals surface area (Å²) < 4.78 is 24.2. The minimum Gasteiger partial charge on any atom is -0.456 e. The molecule has 2 aromatic carbocycles. The van der Waals surface area contributed by atoms with E-state index in [1.807, 2.05) is 64.1 Å². The smallest absolute Gasteiger partial charge is 0.408 e. The van der Waals surface area contributed by atoms with E-state index >= 15 is 0 Å². The van der Waals surface area contributed by atoms with E-state index in [1.54, 1.807) is 58.9 Å². The van der Waals surface area contributed by atoms with Gasteiger partial charge in [-0.2, -0.15) is 0 Å².